The van der Waals surface area contributed by atoms with E-state index in [1.165, 1.54) is 5.56 Å². The van der Waals surface area contributed by atoms with Gasteiger partial charge in [-0.2, -0.15) is 26.3 Å². The van der Waals surface area contributed by atoms with Crippen molar-refractivity contribution in [1.29, 1.82) is 0 Å². The summed E-state index contributed by atoms with van der Waals surface area (Å²) in [5, 5.41) is 15.1. The Hall–Kier alpha value is -2.09. The van der Waals surface area contributed by atoms with Crippen LogP contribution in [0.5, 0.6) is 0 Å². The first kappa shape index (κ1) is 30.9. The Morgan fingerprint density at radius 1 is 1.11 bits per heavy atom. The minimum Gasteiger partial charge on any atom is -0.475 e. The van der Waals surface area contributed by atoms with E-state index in [9.17, 15) is 26.3 Å². The van der Waals surface area contributed by atoms with Crippen molar-refractivity contribution in [3.05, 3.63) is 34.9 Å². The number of rotatable bonds is 3. The molecule has 14 heteroatoms. The molecule has 0 amide bonds. The van der Waals surface area contributed by atoms with Crippen LogP contribution in [0.2, 0.25) is 5.02 Å². The number of likely N-dealkylation sites (tertiary alicyclic amines) is 1. The number of aliphatic carboxylic acids is 2. The molecule has 2 N–H and O–H groups in total. The molecule has 7 nitrogen and oxygen atoms in total. The van der Waals surface area contributed by atoms with E-state index in [1.807, 2.05) is 12.1 Å². The van der Waals surface area contributed by atoms with E-state index >= 15 is 0 Å². The third kappa shape index (κ3) is 10.6. The van der Waals surface area contributed by atoms with Gasteiger partial charge in [0.1, 0.15) is 0 Å². The lowest BCUT2D eigenvalue weighted by atomic mass is 9.89. The molecule has 2 aliphatic heterocycles. The highest BCUT2D eigenvalue weighted by Gasteiger charge is 2.43. The van der Waals surface area contributed by atoms with E-state index in [0.29, 0.717) is 6.04 Å². The van der Waals surface area contributed by atoms with E-state index in [4.69, 9.17) is 36.1 Å². The number of nitrogens with zero attached hydrogens (tertiary/aromatic N) is 2. The third-order valence-electron chi connectivity index (χ3n) is 5.43. The van der Waals surface area contributed by atoms with Crippen molar-refractivity contribution >= 4 is 23.5 Å². The first-order chi connectivity index (χ1) is 16.0. The number of hydrogen-bond acceptors (Lipinski definition) is 5. The summed E-state index contributed by atoms with van der Waals surface area (Å²) in [5.74, 6) is -5.51. The molecule has 2 heterocycles. The lowest BCUT2D eigenvalue weighted by Crippen LogP contribution is -2.48. The normalized spacial score (nSPS) is 22.7. The molecule has 1 aromatic rings. The van der Waals surface area contributed by atoms with Crippen LogP contribution in [-0.4, -0.2) is 89.7 Å². The number of carbonyl (C=O) groups is 2. The van der Waals surface area contributed by atoms with Crippen molar-refractivity contribution < 1.29 is 50.9 Å². The number of carboxylic acids is 2. The van der Waals surface area contributed by atoms with Crippen LogP contribution < -0.4 is 0 Å². The smallest absolute Gasteiger partial charge is 0.475 e. The van der Waals surface area contributed by atoms with Crippen LogP contribution in [-0.2, 0) is 20.9 Å². The van der Waals surface area contributed by atoms with Crippen LogP contribution in [0.25, 0.3) is 0 Å². The van der Waals surface area contributed by atoms with Crippen LogP contribution in [0, 0.1) is 0 Å². The van der Waals surface area contributed by atoms with Crippen LogP contribution in [0.1, 0.15) is 24.8 Å². The molecule has 2 aliphatic rings. The summed E-state index contributed by atoms with van der Waals surface area (Å²) in [6.45, 7) is 3.95. The summed E-state index contributed by atoms with van der Waals surface area (Å²) in [6, 6.07) is 8.80. The largest absolute Gasteiger partial charge is 0.490 e. The first-order valence-corrected chi connectivity index (χ1v) is 10.7. The molecule has 0 saturated carbocycles. The number of carboxylic acid groups (broad SMARTS) is 2. The number of ether oxygens (including phenoxy) is 1. The van der Waals surface area contributed by atoms with Gasteiger partial charge in [-0.3, -0.25) is 4.90 Å². The Morgan fingerprint density at radius 2 is 1.63 bits per heavy atom. The van der Waals surface area contributed by atoms with Gasteiger partial charge in [-0.15, -0.1) is 0 Å². The number of hydrogen-bond donors (Lipinski definition) is 2. The molecule has 0 aliphatic carbocycles. The first-order valence-electron chi connectivity index (χ1n) is 10.3. The predicted octanol–water partition coefficient (Wildman–Crippen LogP) is 4.29. The van der Waals surface area contributed by atoms with Crippen LogP contribution in [0.15, 0.2) is 24.3 Å². The molecule has 0 radical (unpaired) electrons. The van der Waals surface area contributed by atoms with Gasteiger partial charge in [0.15, 0.2) is 0 Å². The van der Waals surface area contributed by atoms with Crippen LogP contribution >= 0.6 is 11.6 Å². The molecule has 35 heavy (non-hydrogen) atoms. The molecule has 2 fully saturated rings. The summed E-state index contributed by atoms with van der Waals surface area (Å²) in [7, 11) is 4.36. The van der Waals surface area contributed by atoms with Gasteiger partial charge in [0.2, 0.25) is 0 Å². The second-order valence-electron chi connectivity index (χ2n) is 8.30. The quantitative estimate of drug-likeness (QED) is 0.557. The number of benzene rings is 1. The van der Waals surface area contributed by atoms with Gasteiger partial charge in [0, 0.05) is 37.3 Å². The highest BCUT2D eigenvalue weighted by atomic mass is 35.5. The lowest BCUT2D eigenvalue weighted by molar-refractivity contribution is -0.193. The summed E-state index contributed by atoms with van der Waals surface area (Å²) >= 11 is 6.28. The van der Waals surface area contributed by atoms with Crippen LogP contribution in [0.3, 0.4) is 0 Å². The second kappa shape index (κ2) is 12.7. The monoisotopic (exact) mass is 536 g/mol. The fourth-order valence-corrected chi connectivity index (χ4v) is 3.85. The van der Waals surface area contributed by atoms with Crippen LogP contribution in [0.4, 0.5) is 26.3 Å². The van der Waals surface area contributed by atoms with Gasteiger partial charge in [0.05, 0.1) is 5.60 Å². The molecular weight excluding hydrogens is 510 g/mol. The van der Waals surface area contributed by atoms with Crippen molar-refractivity contribution in [1.82, 2.24) is 9.80 Å². The van der Waals surface area contributed by atoms with E-state index in [-0.39, 0.29) is 5.60 Å². The predicted molar refractivity (Wildman–Crippen MR) is 114 cm³/mol. The SMILES string of the molecule is CN(C)[C@@H]1CCO[C@]2(CCN(Cc3ccccc3Cl)C2)C1.O=C(O)C(F)(F)F.O=C(O)C(F)(F)F. The van der Waals surface area contributed by atoms with Gasteiger partial charge in [-0.05, 0) is 45.0 Å². The molecule has 0 unspecified atom stereocenters. The minimum atomic E-state index is -5.08. The fourth-order valence-electron chi connectivity index (χ4n) is 3.66. The third-order valence-corrected chi connectivity index (χ3v) is 5.80. The molecule has 0 aromatic heterocycles. The molecule has 3 rings (SSSR count). The maximum absolute atomic E-state index is 10.6. The zero-order chi connectivity index (χ0) is 27.0. The van der Waals surface area contributed by atoms with Gasteiger partial charge >= 0.3 is 24.3 Å². The maximum Gasteiger partial charge on any atom is 0.490 e. The molecule has 1 aromatic carbocycles. The van der Waals surface area contributed by atoms with E-state index in [2.05, 4.69) is 36.0 Å². The highest BCUT2D eigenvalue weighted by molar-refractivity contribution is 6.31. The van der Waals surface area contributed by atoms with Crippen molar-refractivity contribution in [2.75, 3.05) is 33.8 Å². The topological polar surface area (TPSA) is 90.3 Å². The van der Waals surface area contributed by atoms with Gasteiger partial charge in [-0.25, -0.2) is 9.59 Å². The fraction of sp³-hybridized carbons (Fsp3) is 0.619. The maximum atomic E-state index is 10.6. The summed E-state index contributed by atoms with van der Waals surface area (Å²) < 4.78 is 69.7. The second-order valence-corrected chi connectivity index (χ2v) is 8.71. The standard InChI is InChI=1S/C17H25ClN2O.2C2HF3O2/c1-19(2)15-7-10-21-17(11-15)8-9-20(13-17)12-14-5-3-4-6-16(14)18;2*3-2(4,5)1(6)7/h3-6,15H,7-13H2,1-2H3;2*(H,6,7)/t15-,17-;;/m1../s1. The zero-order valence-electron chi connectivity index (χ0n) is 19.0. The zero-order valence-corrected chi connectivity index (χ0v) is 19.8. The molecule has 200 valence electrons. The molecule has 2 saturated heterocycles. The van der Waals surface area contributed by atoms with Gasteiger partial charge < -0.3 is 19.8 Å². The highest BCUT2D eigenvalue weighted by Crippen LogP contribution is 2.36. The number of halogens is 7. The Morgan fingerprint density at radius 3 is 2.09 bits per heavy atom. The summed E-state index contributed by atoms with van der Waals surface area (Å²) in [5.41, 5.74) is 1.28. The van der Waals surface area contributed by atoms with Crippen molar-refractivity contribution in [2.24, 2.45) is 0 Å². The average Bonchev–Trinajstić information content (AvgIpc) is 3.10. The Labute approximate surface area is 203 Å². The summed E-state index contributed by atoms with van der Waals surface area (Å²) in [4.78, 5) is 22.6. The average molecular weight is 537 g/mol. The Balaban J connectivity index is 0.000000362. The summed E-state index contributed by atoms with van der Waals surface area (Å²) in [6.07, 6.45) is -6.72. The van der Waals surface area contributed by atoms with Gasteiger partial charge in [0.25, 0.3) is 0 Å². The molecule has 2 atom stereocenters. The molecule has 1 spiro atoms. The van der Waals surface area contributed by atoms with Crippen molar-refractivity contribution in [2.45, 2.75) is 49.8 Å². The van der Waals surface area contributed by atoms with Crippen molar-refractivity contribution in [3.63, 3.8) is 0 Å². The molecular formula is C21H27ClF6N2O5. The van der Waals surface area contributed by atoms with Gasteiger partial charge in [-0.1, -0.05) is 29.8 Å². The minimum absolute atomic E-state index is 0.0639. The van der Waals surface area contributed by atoms with E-state index in [0.717, 1.165) is 50.5 Å². The van der Waals surface area contributed by atoms with Crippen molar-refractivity contribution in [3.8, 4) is 0 Å². The Kier molecular flexibility index (Phi) is 11.3. The lowest BCUT2D eigenvalue weighted by Gasteiger charge is -2.40. The van der Waals surface area contributed by atoms with E-state index < -0.39 is 24.3 Å². The Bertz CT molecular complexity index is 828. The number of alkyl halides is 6. The van der Waals surface area contributed by atoms with E-state index in [1.54, 1.807) is 0 Å². The molecule has 0 bridgehead atoms.